The summed E-state index contributed by atoms with van der Waals surface area (Å²) in [7, 11) is -3.63. The Balaban J connectivity index is 1.96. The minimum absolute atomic E-state index is 0.111. The maximum atomic E-state index is 12.3. The average molecular weight is 431 g/mol. The summed E-state index contributed by atoms with van der Waals surface area (Å²) in [5.74, 6) is -0.0737. The monoisotopic (exact) mass is 430 g/mol. The normalized spacial score (nSPS) is 11.9. The van der Waals surface area contributed by atoms with Crippen molar-refractivity contribution in [3.8, 4) is 5.75 Å². The SMILES string of the molecule is CC(C)(C)NS(=O)(=O)c1ccc(NC(=O)COc2ccc(Cl)cc2Cl)cc1. The molecule has 2 rings (SSSR count). The molecule has 1 amide bonds. The third-order valence-electron chi connectivity index (χ3n) is 3.14. The number of carbonyl (C=O) groups is 1. The molecular formula is C18H20Cl2N2O4S. The molecule has 0 radical (unpaired) electrons. The highest BCUT2D eigenvalue weighted by molar-refractivity contribution is 7.89. The third-order valence-corrected chi connectivity index (χ3v) is 5.45. The second-order valence-corrected chi connectivity index (χ2v) is 9.32. The van der Waals surface area contributed by atoms with Gasteiger partial charge in [-0.3, -0.25) is 4.79 Å². The standard InChI is InChI=1S/C18H20Cl2N2O4S/c1-18(2,3)22-27(24,25)14-7-5-13(6-8-14)21-17(23)11-26-16-9-4-12(19)10-15(16)20/h4-10,22H,11H2,1-3H3,(H,21,23). The zero-order valence-corrected chi connectivity index (χ0v) is 17.4. The van der Waals surface area contributed by atoms with Gasteiger partial charge in [0.05, 0.1) is 9.92 Å². The third kappa shape index (κ3) is 6.70. The first-order valence-electron chi connectivity index (χ1n) is 7.98. The van der Waals surface area contributed by atoms with Crippen molar-refractivity contribution in [1.29, 1.82) is 0 Å². The second kappa shape index (κ2) is 8.48. The van der Waals surface area contributed by atoms with E-state index in [2.05, 4.69) is 10.0 Å². The molecule has 0 saturated heterocycles. The number of nitrogens with one attached hydrogen (secondary N) is 2. The number of anilines is 1. The van der Waals surface area contributed by atoms with Gasteiger partial charge in [0.1, 0.15) is 5.75 Å². The Morgan fingerprint density at radius 1 is 1.07 bits per heavy atom. The largest absolute Gasteiger partial charge is 0.482 e. The lowest BCUT2D eigenvalue weighted by Gasteiger charge is -2.20. The number of hydrogen-bond donors (Lipinski definition) is 2. The van der Waals surface area contributed by atoms with Crippen LogP contribution < -0.4 is 14.8 Å². The molecule has 2 aromatic rings. The number of benzene rings is 2. The van der Waals surface area contributed by atoms with Crippen LogP contribution in [0.5, 0.6) is 5.75 Å². The molecule has 0 heterocycles. The van der Waals surface area contributed by atoms with Crippen molar-refractivity contribution in [3.63, 3.8) is 0 Å². The number of rotatable bonds is 6. The molecule has 0 atom stereocenters. The first kappa shape index (κ1) is 21.5. The van der Waals surface area contributed by atoms with Crippen LogP contribution in [0.1, 0.15) is 20.8 Å². The molecule has 0 spiro atoms. The lowest BCUT2D eigenvalue weighted by Crippen LogP contribution is -2.40. The van der Waals surface area contributed by atoms with Crippen LogP contribution in [0.4, 0.5) is 5.69 Å². The van der Waals surface area contributed by atoms with Crippen molar-refractivity contribution in [2.24, 2.45) is 0 Å². The molecule has 0 bridgehead atoms. The van der Waals surface area contributed by atoms with Gasteiger partial charge in [0.25, 0.3) is 5.91 Å². The fourth-order valence-electron chi connectivity index (χ4n) is 2.11. The van der Waals surface area contributed by atoms with Gasteiger partial charge in [-0.25, -0.2) is 13.1 Å². The molecule has 146 valence electrons. The number of sulfonamides is 1. The Morgan fingerprint density at radius 2 is 1.70 bits per heavy atom. The predicted octanol–water partition coefficient (Wildman–Crippen LogP) is 4.09. The highest BCUT2D eigenvalue weighted by atomic mass is 35.5. The van der Waals surface area contributed by atoms with Gasteiger partial charge in [-0.2, -0.15) is 0 Å². The van der Waals surface area contributed by atoms with Gasteiger partial charge in [-0.1, -0.05) is 23.2 Å². The highest BCUT2D eigenvalue weighted by Gasteiger charge is 2.21. The molecule has 0 aliphatic carbocycles. The molecule has 6 nitrogen and oxygen atoms in total. The van der Waals surface area contributed by atoms with E-state index in [0.29, 0.717) is 21.5 Å². The summed E-state index contributed by atoms with van der Waals surface area (Å²) in [4.78, 5) is 12.1. The van der Waals surface area contributed by atoms with E-state index >= 15 is 0 Å². The molecule has 2 aromatic carbocycles. The van der Waals surface area contributed by atoms with Crippen molar-refractivity contribution >= 4 is 44.8 Å². The molecule has 0 aliphatic heterocycles. The first-order valence-corrected chi connectivity index (χ1v) is 10.2. The fraction of sp³-hybridized carbons (Fsp3) is 0.278. The minimum atomic E-state index is -3.63. The lowest BCUT2D eigenvalue weighted by molar-refractivity contribution is -0.118. The minimum Gasteiger partial charge on any atom is -0.482 e. The maximum absolute atomic E-state index is 12.3. The average Bonchev–Trinajstić information content (AvgIpc) is 2.52. The summed E-state index contributed by atoms with van der Waals surface area (Å²) in [6.07, 6.45) is 0. The van der Waals surface area contributed by atoms with Crippen molar-refractivity contribution in [1.82, 2.24) is 4.72 Å². The molecular weight excluding hydrogens is 411 g/mol. The number of ether oxygens (including phenoxy) is 1. The summed E-state index contributed by atoms with van der Waals surface area (Å²) in [5.41, 5.74) is -0.146. The summed E-state index contributed by atoms with van der Waals surface area (Å²) in [5, 5.41) is 3.39. The Labute approximate surface area is 168 Å². The molecule has 0 unspecified atom stereocenters. The van der Waals surface area contributed by atoms with Crippen molar-refractivity contribution in [2.45, 2.75) is 31.2 Å². The van der Waals surface area contributed by atoms with Crippen LogP contribution in [-0.2, 0) is 14.8 Å². The Kier molecular flexibility index (Phi) is 6.75. The number of carbonyl (C=O) groups excluding carboxylic acids is 1. The Morgan fingerprint density at radius 3 is 2.26 bits per heavy atom. The van der Waals surface area contributed by atoms with Crippen LogP contribution >= 0.6 is 23.2 Å². The van der Waals surface area contributed by atoms with Gasteiger partial charge in [0.15, 0.2) is 6.61 Å². The summed E-state index contributed by atoms with van der Waals surface area (Å²) >= 11 is 11.8. The number of halogens is 2. The van der Waals surface area contributed by atoms with E-state index in [1.807, 2.05) is 0 Å². The lowest BCUT2D eigenvalue weighted by atomic mass is 10.1. The van der Waals surface area contributed by atoms with Gasteiger partial charge in [0, 0.05) is 16.2 Å². The van der Waals surface area contributed by atoms with Gasteiger partial charge in [-0.05, 0) is 63.2 Å². The summed E-state index contributed by atoms with van der Waals surface area (Å²) < 4.78 is 32.4. The quantitative estimate of drug-likeness (QED) is 0.722. The Hall–Kier alpha value is -1.80. The highest BCUT2D eigenvalue weighted by Crippen LogP contribution is 2.27. The first-order chi connectivity index (χ1) is 12.5. The molecule has 0 fully saturated rings. The van der Waals surface area contributed by atoms with Crippen LogP contribution in [0.2, 0.25) is 10.0 Å². The molecule has 2 N–H and O–H groups in total. The van der Waals surface area contributed by atoms with E-state index in [9.17, 15) is 13.2 Å². The van der Waals surface area contributed by atoms with Gasteiger partial charge in [-0.15, -0.1) is 0 Å². The van der Waals surface area contributed by atoms with E-state index < -0.39 is 21.5 Å². The number of amides is 1. The van der Waals surface area contributed by atoms with Gasteiger partial charge in [0.2, 0.25) is 10.0 Å². The molecule has 0 aromatic heterocycles. The second-order valence-electron chi connectivity index (χ2n) is 6.79. The zero-order chi connectivity index (χ0) is 20.2. The smallest absolute Gasteiger partial charge is 0.262 e. The van der Waals surface area contributed by atoms with Crippen molar-refractivity contribution in [3.05, 3.63) is 52.5 Å². The molecule has 9 heteroatoms. The van der Waals surface area contributed by atoms with Gasteiger partial charge < -0.3 is 10.1 Å². The fourth-order valence-corrected chi connectivity index (χ4v) is 3.99. The van der Waals surface area contributed by atoms with Crippen LogP contribution in [0.3, 0.4) is 0 Å². The van der Waals surface area contributed by atoms with Crippen LogP contribution in [0, 0.1) is 0 Å². The summed E-state index contributed by atoms with van der Waals surface area (Å²) in [6, 6.07) is 10.5. The Bertz CT molecular complexity index is 923. The van der Waals surface area contributed by atoms with E-state index in [1.165, 1.54) is 30.3 Å². The summed E-state index contributed by atoms with van der Waals surface area (Å²) in [6.45, 7) is 5.01. The molecule has 0 aliphatic rings. The van der Waals surface area contributed by atoms with E-state index in [1.54, 1.807) is 32.9 Å². The van der Waals surface area contributed by atoms with E-state index in [4.69, 9.17) is 27.9 Å². The van der Waals surface area contributed by atoms with Crippen molar-refractivity contribution < 1.29 is 17.9 Å². The van der Waals surface area contributed by atoms with E-state index in [-0.39, 0.29) is 11.5 Å². The maximum Gasteiger partial charge on any atom is 0.262 e. The van der Waals surface area contributed by atoms with E-state index in [0.717, 1.165) is 0 Å². The molecule has 27 heavy (non-hydrogen) atoms. The van der Waals surface area contributed by atoms with Crippen LogP contribution in [0.15, 0.2) is 47.4 Å². The van der Waals surface area contributed by atoms with Crippen molar-refractivity contribution in [2.75, 3.05) is 11.9 Å². The van der Waals surface area contributed by atoms with Crippen LogP contribution in [0.25, 0.3) is 0 Å². The van der Waals surface area contributed by atoms with Crippen LogP contribution in [-0.4, -0.2) is 26.5 Å². The predicted molar refractivity (Wildman–Crippen MR) is 107 cm³/mol. The topological polar surface area (TPSA) is 84.5 Å². The van der Waals surface area contributed by atoms with Gasteiger partial charge >= 0.3 is 0 Å². The zero-order valence-electron chi connectivity index (χ0n) is 15.0. The molecule has 0 saturated carbocycles. The number of hydrogen-bond acceptors (Lipinski definition) is 4.